The van der Waals surface area contributed by atoms with Gasteiger partial charge in [0, 0.05) is 23.7 Å². The van der Waals surface area contributed by atoms with E-state index in [2.05, 4.69) is 5.32 Å². The molecular weight excluding hydrogens is 581 g/mol. The minimum atomic E-state index is -4.26. The highest BCUT2D eigenvalue weighted by Crippen LogP contribution is 2.34. The largest absolute Gasteiger partial charge is 0.477 e. The molecule has 4 aromatic carbocycles. The van der Waals surface area contributed by atoms with Gasteiger partial charge in [0.1, 0.15) is 11.6 Å². The van der Waals surface area contributed by atoms with Gasteiger partial charge in [-0.2, -0.15) is 4.31 Å². The predicted molar refractivity (Wildman–Crippen MR) is 157 cm³/mol. The minimum Gasteiger partial charge on any atom is -0.477 e. The van der Waals surface area contributed by atoms with Crippen LogP contribution in [-0.2, 0) is 32.7 Å². The molecule has 1 N–H and O–H groups in total. The molecule has 0 aliphatic carbocycles. The Morgan fingerprint density at radius 2 is 1.60 bits per heavy atom. The van der Waals surface area contributed by atoms with E-state index in [1.807, 2.05) is 30.3 Å². The summed E-state index contributed by atoms with van der Waals surface area (Å²) in [6.07, 6.45) is -1.04. The van der Waals surface area contributed by atoms with Crippen molar-refractivity contribution in [1.82, 2.24) is 9.62 Å². The standard InChI is InChI=1S/C31H27ClFN3O5S/c32-24-14-16-25(17-15-24)42(39,40)35(19-23-10-4-5-11-26(23)33)21-30(37)36-20-29(41-28-13-7-6-12-27(28)36)31(38)34-18-22-8-2-1-3-9-22/h1-17,29H,18-21H2,(H,34,38). The second-order valence-electron chi connectivity index (χ2n) is 9.60. The number of halogens is 2. The van der Waals surface area contributed by atoms with E-state index in [-0.39, 0.29) is 23.5 Å². The Morgan fingerprint density at radius 1 is 0.929 bits per heavy atom. The number of nitrogens with zero attached hydrogens (tertiary/aromatic N) is 2. The normalized spacial score (nSPS) is 14.6. The Kier molecular flexibility index (Phi) is 8.86. The number of anilines is 1. The molecule has 2 amide bonds. The quantitative estimate of drug-likeness (QED) is 0.295. The van der Waals surface area contributed by atoms with Gasteiger partial charge in [0.05, 0.1) is 23.7 Å². The van der Waals surface area contributed by atoms with Gasteiger partial charge in [0.2, 0.25) is 15.9 Å². The number of fused-ring (bicyclic) bond motifs is 1. The summed E-state index contributed by atoms with van der Waals surface area (Å²) >= 11 is 5.96. The van der Waals surface area contributed by atoms with Crippen LogP contribution in [-0.4, -0.2) is 43.7 Å². The molecule has 0 bridgehead atoms. The van der Waals surface area contributed by atoms with Crippen molar-refractivity contribution in [2.75, 3.05) is 18.0 Å². The molecular formula is C31H27ClFN3O5S. The van der Waals surface area contributed by atoms with Crippen LogP contribution < -0.4 is 15.0 Å². The first-order valence-corrected chi connectivity index (χ1v) is 14.9. The Morgan fingerprint density at radius 3 is 2.33 bits per heavy atom. The van der Waals surface area contributed by atoms with Crippen LogP contribution in [0.3, 0.4) is 0 Å². The molecule has 216 valence electrons. The van der Waals surface area contributed by atoms with Gasteiger partial charge in [-0.15, -0.1) is 0 Å². The van der Waals surface area contributed by atoms with E-state index >= 15 is 0 Å². The zero-order chi connectivity index (χ0) is 29.7. The van der Waals surface area contributed by atoms with Gasteiger partial charge in [0.25, 0.3) is 5.91 Å². The van der Waals surface area contributed by atoms with Crippen molar-refractivity contribution in [3.63, 3.8) is 0 Å². The van der Waals surface area contributed by atoms with Crippen molar-refractivity contribution in [2.45, 2.75) is 24.1 Å². The minimum absolute atomic E-state index is 0.100. The molecule has 11 heteroatoms. The smallest absolute Gasteiger partial charge is 0.263 e. The van der Waals surface area contributed by atoms with E-state index in [1.54, 1.807) is 30.3 Å². The number of rotatable bonds is 9. The summed E-state index contributed by atoms with van der Waals surface area (Å²) in [5, 5.41) is 3.17. The van der Waals surface area contributed by atoms with E-state index in [4.69, 9.17) is 16.3 Å². The number of amides is 2. The monoisotopic (exact) mass is 607 g/mol. The zero-order valence-electron chi connectivity index (χ0n) is 22.3. The third kappa shape index (κ3) is 6.62. The summed E-state index contributed by atoms with van der Waals surface area (Å²) in [5.74, 6) is -1.34. The fourth-order valence-corrected chi connectivity index (χ4v) is 6.03. The molecule has 0 radical (unpaired) electrons. The maximum Gasteiger partial charge on any atom is 0.263 e. The number of nitrogens with one attached hydrogen (secondary N) is 1. The SMILES string of the molecule is O=C(NCc1ccccc1)C1CN(C(=O)CN(Cc2ccccc2F)S(=O)(=O)c2ccc(Cl)cc2)c2ccccc2O1. The van der Waals surface area contributed by atoms with Crippen LogP contribution in [0, 0.1) is 5.82 Å². The van der Waals surface area contributed by atoms with Crippen LogP contribution in [0.4, 0.5) is 10.1 Å². The van der Waals surface area contributed by atoms with Crippen molar-refractivity contribution in [3.05, 3.63) is 125 Å². The molecule has 1 atom stereocenters. The van der Waals surface area contributed by atoms with Crippen LogP contribution in [0.2, 0.25) is 5.02 Å². The van der Waals surface area contributed by atoms with Crippen LogP contribution in [0.1, 0.15) is 11.1 Å². The molecule has 0 fully saturated rings. The average Bonchev–Trinajstić information content (AvgIpc) is 3.00. The summed E-state index contributed by atoms with van der Waals surface area (Å²) in [7, 11) is -4.26. The summed E-state index contributed by atoms with van der Waals surface area (Å²) in [6.45, 7) is -0.891. The molecule has 5 rings (SSSR count). The van der Waals surface area contributed by atoms with Crippen LogP contribution in [0.15, 0.2) is 108 Å². The van der Waals surface area contributed by atoms with Gasteiger partial charge in [-0.05, 0) is 48.0 Å². The topological polar surface area (TPSA) is 96.0 Å². The van der Waals surface area contributed by atoms with E-state index in [0.717, 1.165) is 9.87 Å². The molecule has 1 heterocycles. The summed E-state index contributed by atoms with van der Waals surface area (Å²) < 4.78 is 48.9. The Hall–Kier alpha value is -4.25. The first-order valence-electron chi connectivity index (χ1n) is 13.1. The van der Waals surface area contributed by atoms with E-state index in [0.29, 0.717) is 16.5 Å². The molecule has 1 aliphatic rings. The van der Waals surface area contributed by atoms with Gasteiger partial charge in [-0.1, -0.05) is 72.3 Å². The molecule has 1 aliphatic heterocycles. The van der Waals surface area contributed by atoms with Crippen molar-refractivity contribution >= 4 is 39.1 Å². The second kappa shape index (κ2) is 12.7. The van der Waals surface area contributed by atoms with Crippen LogP contribution >= 0.6 is 11.6 Å². The van der Waals surface area contributed by atoms with Crippen molar-refractivity contribution in [1.29, 1.82) is 0 Å². The first-order chi connectivity index (χ1) is 20.2. The lowest BCUT2D eigenvalue weighted by Crippen LogP contribution is -2.52. The molecule has 4 aromatic rings. The number of para-hydroxylation sites is 2. The predicted octanol–water partition coefficient (Wildman–Crippen LogP) is 4.78. The Labute approximate surface area is 248 Å². The molecule has 0 aromatic heterocycles. The van der Waals surface area contributed by atoms with E-state index < -0.39 is 46.8 Å². The van der Waals surface area contributed by atoms with Crippen LogP contribution in [0.25, 0.3) is 0 Å². The van der Waals surface area contributed by atoms with Gasteiger partial charge < -0.3 is 15.0 Å². The van der Waals surface area contributed by atoms with Gasteiger partial charge in [0.15, 0.2) is 6.10 Å². The van der Waals surface area contributed by atoms with Gasteiger partial charge in [-0.25, -0.2) is 12.8 Å². The number of hydrogen-bond acceptors (Lipinski definition) is 5. The fourth-order valence-electron chi connectivity index (χ4n) is 4.54. The summed E-state index contributed by atoms with van der Waals surface area (Å²) in [4.78, 5) is 28.2. The van der Waals surface area contributed by atoms with Crippen molar-refractivity contribution in [2.24, 2.45) is 0 Å². The number of hydrogen-bond donors (Lipinski definition) is 1. The Bertz CT molecular complexity index is 1690. The molecule has 8 nitrogen and oxygen atoms in total. The van der Waals surface area contributed by atoms with Gasteiger partial charge >= 0.3 is 0 Å². The lowest BCUT2D eigenvalue weighted by Gasteiger charge is -2.35. The van der Waals surface area contributed by atoms with Gasteiger partial charge in [-0.3, -0.25) is 9.59 Å². The highest BCUT2D eigenvalue weighted by atomic mass is 35.5. The van der Waals surface area contributed by atoms with Crippen molar-refractivity contribution < 1.29 is 27.1 Å². The lowest BCUT2D eigenvalue weighted by molar-refractivity contribution is -0.128. The molecule has 42 heavy (non-hydrogen) atoms. The number of carbonyl (C=O) groups is 2. The lowest BCUT2D eigenvalue weighted by atomic mass is 10.1. The summed E-state index contributed by atoms with van der Waals surface area (Å²) in [5.41, 5.74) is 1.39. The number of ether oxygens (including phenoxy) is 1. The number of carbonyl (C=O) groups excluding carboxylic acids is 2. The maximum absolute atomic E-state index is 14.6. The second-order valence-corrected chi connectivity index (χ2v) is 12.0. The van der Waals surface area contributed by atoms with E-state index in [9.17, 15) is 22.4 Å². The summed E-state index contributed by atoms with van der Waals surface area (Å²) in [6, 6.07) is 27.3. The van der Waals surface area contributed by atoms with E-state index in [1.165, 1.54) is 47.4 Å². The molecule has 1 unspecified atom stereocenters. The maximum atomic E-state index is 14.6. The fraction of sp³-hybridized carbons (Fsp3) is 0.161. The van der Waals surface area contributed by atoms with Crippen LogP contribution in [0.5, 0.6) is 5.75 Å². The van der Waals surface area contributed by atoms with Crippen molar-refractivity contribution in [3.8, 4) is 5.75 Å². The number of sulfonamides is 1. The first kappa shape index (κ1) is 29.2. The Balaban J connectivity index is 1.41. The third-order valence-corrected chi connectivity index (χ3v) is 8.80. The average molecular weight is 608 g/mol. The molecule has 0 saturated carbocycles. The third-order valence-electron chi connectivity index (χ3n) is 6.74. The highest BCUT2D eigenvalue weighted by molar-refractivity contribution is 7.89. The number of benzene rings is 4. The zero-order valence-corrected chi connectivity index (χ0v) is 23.9. The highest BCUT2D eigenvalue weighted by Gasteiger charge is 2.36. The molecule has 0 spiro atoms. The molecule has 0 saturated heterocycles.